The molecule has 0 aliphatic carbocycles. The van der Waals surface area contributed by atoms with Gasteiger partial charge in [-0.3, -0.25) is 9.59 Å². The first-order chi connectivity index (χ1) is 8.04. The maximum atomic E-state index is 13.3. The second-order valence-corrected chi connectivity index (χ2v) is 4.14. The highest BCUT2D eigenvalue weighted by atomic mass is 32.2. The van der Waals surface area contributed by atoms with E-state index in [2.05, 4.69) is 0 Å². The number of ketones is 1. The smallest absolute Gasteiger partial charge is 0.313 e. The SMILES string of the molecule is COc1ccc(C(=O)CSCC(=O)O)cc1F. The lowest BCUT2D eigenvalue weighted by Gasteiger charge is -2.04. The van der Waals surface area contributed by atoms with Crippen molar-refractivity contribution >= 4 is 23.5 Å². The number of halogens is 1. The monoisotopic (exact) mass is 258 g/mol. The molecule has 0 radical (unpaired) electrons. The first-order valence-corrected chi connectivity index (χ1v) is 5.86. The molecule has 4 nitrogen and oxygen atoms in total. The van der Waals surface area contributed by atoms with Crippen LogP contribution in [0.1, 0.15) is 10.4 Å². The zero-order valence-electron chi connectivity index (χ0n) is 9.10. The summed E-state index contributed by atoms with van der Waals surface area (Å²) in [6.07, 6.45) is 0. The summed E-state index contributed by atoms with van der Waals surface area (Å²) in [5.74, 6) is -1.97. The Morgan fingerprint density at radius 1 is 1.41 bits per heavy atom. The molecule has 0 fully saturated rings. The van der Waals surface area contributed by atoms with Crippen LogP contribution in [0.3, 0.4) is 0 Å². The van der Waals surface area contributed by atoms with Crippen LogP contribution >= 0.6 is 11.8 Å². The van der Waals surface area contributed by atoms with Gasteiger partial charge >= 0.3 is 5.97 Å². The van der Waals surface area contributed by atoms with Gasteiger partial charge in [-0.15, -0.1) is 11.8 Å². The minimum atomic E-state index is -0.983. The van der Waals surface area contributed by atoms with Crippen LogP contribution in [0.15, 0.2) is 18.2 Å². The van der Waals surface area contributed by atoms with Gasteiger partial charge in [0.1, 0.15) is 0 Å². The van der Waals surface area contributed by atoms with E-state index in [9.17, 15) is 14.0 Å². The second kappa shape index (κ2) is 6.24. The number of hydrogen-bond acceptors (Lipinski definition) is 4. The van der Waals surface area contributed by atoms with Crippen molar-refractivity contribution in [1.29, 1.82) is 0 Å². The molecular weight excluding hydrogens is 247 g/mol. The average Bonchev–Trinajstić information content (AvgIpc) is 2.28. The lowest BCUT2D eigenvalue weighted by Crippen LogP contribution is -2.07. The Morgan fingerprint density at radius 3 is 2.65 bits per heavy atom. The molecule has 1 N–H and O–H groups in total. The number of carbonyl (C=O) groups is 2. The lowest BCUT2D eigenvalue weighted by atomic mass is 10.1. The summed E-state index contributed by atoms with van der Waals surface area (Å²) < 4.78 is 18.0. The van der Waals surface area contributed by atoms with Crippen LogP contribution in [0, 0.1) is 5.82 Å². The van der Waals surface area contributed by atoms with Crippen molar-refractivity contribution in [3.63, 3.8) is 0 Å². The van der Waals surface area contributed by atoms with Crippen LogP contribution in [0.2, 0.25) is 0 Å². The summed E-state index contributed by atoms with van der Waals surface area (Å²) in [5, 5.41) is 8.40. The molecule has 0 aliphatic heterocycles. The van der Waals surface area contributed by atoms with E-state index in [1.807, 2.05) is 0 Å². The maximum Gasteiger partial charge on any atom is 0.313 e. The number of rotatable bonds is 6. The number of carbonyl (C=O) groups excluding carboxylic acids is 1. The molecule has 0 aliphatic rings. The quantitative estimate of drug-likeness (QED) is 0.789. The first kappa shape index (κ1) is 13.5. The predicted molar refractivity (Wildman–Crippen MR) is 62.2 cm³/mol. The van der Waals surface area contributed by atoms with Crippen LogP contribution in [0.4, 0.5) is 4.39 Å². The molecule has 92 valence electrons. The Kier molecular flexibility index (Phi) is 4.96. The van der Waals surface area contributed by atoms with Crippen molar-refractivity contribution in [2.45, 2.75) is 0 Å². The van der Waals surface area contributed by atoms with Crippen LogP contribution in [0.5, 0.6) is 5.75 Å². The summed E-state index contributed by atoms with van der Waals surface area (Å²) in [6.45, 7) is 0. The standard InChI is InChI=1S/C11H11FO4S/c1-16-10-3-2-7(4-8(10)12)9(13)5-17-6-11(14)15/h2-4H,5-6H2,1H3,(H,14,15). The van der Waals surface area contributed by atoms with E-state index in [1.54, 1.807) is 0 Å². The minimum Gasteiger partial charge on any atom is -0.494 e. The fraction of sp³-hybridized carbons (Fsp3) is 0.273. The van der Waals surface area contributed by atoms with Crippen molar-refractivity contribution in [1.82, 2.24) is 0 Å². The molecule has 0 amide bonds. The molecule has 0 unspecified atom stereocenters. The Hall–Kier alpha value is -1.56. The highest BCUT2D eigenvalue weighted by Gasteiger charge is 2.10. The minimum absolute atomic E-state index is 0.0120. The topological polar surface area (TPSA) is 63.6 Å². The molecule has 1 aromatic rings. The molecule has 0 atom stereocenters. The molecule has 0 saturated carbocycles. The highest BCUT2D eigenvalue weighted by molar-refractivity contribution is 8.00. The van der Waals surface area contributed by atoms with Crippen LogP contribution < -0.4 is 4.74 Å². The van der Waals surface area contributed by atoms with Crippen molar-refractivity contribution < 1.29 is 23.8 Å². The fourth-order valence-electron chi connectivity index (χ4n) is 1.15. The summed E-state index contributed by atoms with van der Waals surface area (Å²) in [7, 11) is 1.34. The summed E-state index contributed by atoms with van der Waals surface area (Å²) in [5.41, 5.74) is 0.209. The summed E-state index contributed by atoms with van der Waals surface area (Å²) >= 11 is 0.977. The molecule has 0 saturated heterocycles. The van der Waals surface area contributed by atoms with E-state index in [0.717, 1.165) is 17.8 Å². The molecule has 1 rings (SSSR count). The predicted octanol–water partition coefficient (Wildman–Crippen LogP) is 1.83. The van der Waals surface area contributed by atoms with Gasteiger partial charge in [-0.05, 0) is 18.2 Å². The largest absolute Gasteiger partial charge is 0.494 e. The third kappa shape index (κ3) is 4.07. The lowest BCUT2D eigenvalue weighted by molar-refractivity contribution is -0.133. The summed E-state index contributed by atoms with van der Waals surface area (Å²) in [6, 6.07) is 3.90. The molecular formula is C11H11FO4S. The number of hydrogen-bond donors (Lipinski definition) is 1. The van der Waals surface area contributed by atoms with E-state index in [1.165, 1.54) is 19.2 Å². The Labute approximate surface area is 102 Å². The van der Waals surface area contributed by atoms with Gasteiger partial charge in [-0.25, -0.2) is 4.39 Å². The van der Waals surface area contributed by atoms with Gasteiger partial charge in [0, 0.05) is 5.56 Å². The number of aliphatic carboxylic acids is 1. The number of Topliss-reactive ketones (excluding diaryl/α,β-unsaturated/α-hetero) is 1. The second-order valence-electron chi connectivity index (χ2n) is 3.16. The van der Waals surface area contributed by atoms with Gasteiger partial charge in [-0.1, -0.05) is 0 Å². The van der Waals surface area contributed by atoms with Gasteiger partial charge in [0.25, 0.3) is 0 Å². The van der Waals surface area contributed by atoms with E-state index in [0.29, 0.717) is 0 Å². The molecule has 0 spiro atoms. The maximum absolute atomic E-state index is 13.3. The van der Waals surface area contributed by atoms with Crippen LogP contribution in [-0.2, 0) is 4.79 Å². The van der Waals surface area contributed by atoms with Gasteiger partial charge < -0.3 is 9.84 Å². The fourth-order valence-corrected chi connectivity index (χ4v) is 1.78. The van der Waals surface area contributed by atoms with Crippen LogP contribution in [-0.4, -0.2) is 35.5 Å². The van der Waals surface area contributed by atoms with Crippen molar-refractivity contribution in [2.75, 3.05) is 18.6 Å². The van der Waals surface area contributed by atoms with Crippen molar-refractivity contribution in [3.05, 3.63) is 29.6 Å². The molecule has 0 bridgehead atoms. The van der Waals surface area contributed by atoms with E-state index in [-0.39, 0.29) is 28.6 Å². The van der Waals surface area contributed by atoms with Crippen LogP contribution in [0.25, 0.3) is 0 Å². The van der Waals surface area contributed by atoms with Crippen molar-refractivity contribution in [3.8, 4) is 5.75 Å². The van der Waals surface area contributed by atoms with Gasteiger partial charge in [0.2, 0.25) is 0 Å². The summed E-state index contributed by atoms with van der Waals surface area (Å²) in [4.78, 5) is 21.8. The third-order valence-corrected chi connectivity index (χ3v) is 2.85. The molecule has 0 heterocycles. The first-order valence-electron chi connectivity index (χ1n) is 4.71. The molecule has 0 aromatic heterocycles. The van der Waals surface area contributed by atoms with E-state index >= 15 is 0 Å². The third-order valence-electron chi connectivity index (χ3n) is 1.93. The molecule has 17 heavy (non-hydrogen) atoms. The van der Waals surface area contributed by atoms with E-state index in [4.69, 9.17) is 9.84 Å². The highest BCUT2D eigenvalue weighted by Crippen LogP contribution is 2.18. The molecule has 6 heteroatoms. The molecule has 1 aromatic carbocycles. The number of benzene rings is 1. The number of methoxy groups -OCH3 is 1. The normalized spacial score (nSPS) is 10.0. The van der Waals surface area contributed by atoms with Gasteiger partial charge in [-0.2, -0.15) is 0 Å². The number of carboxylic acid groups (broad SMARTS) is 1. The Morgan fingerprint density at radius 2 is 2.12 bits per heavy atom. The van der Waals surface area contributed by atoms with Gasteiger partial charge in [0.15, 0.2) is 17.3 Å². The number of thioether (sulfide) groups is 1. The average molecular weight is 258 g/mol. The number of ether oxygens (including phenoxy) is 1. The van der Waals surface area contributed by atoms with Gasteiger partial charge in [0.05, 0.1) is 18.6 Å². The Bertz CT molecular complexity index is 433. The zero-order valence-corrected chi connectivity index (χ0v) is 9.92. The zero-order chi connectivity index (χ0) is 12.8. The van der Waals surface area contributed by atoms with E-state index < -0.39 is 11.8 Å². The Balaban J connectivity index is 2.63. The number of carboxylic acids is 1. The van der Waals surface area contributed by atoms with Crippen molar-refractivity contribution in [2.24, 2.45) is 0 Å².